The van der Waals surface area contributed by atoms with E-state index in [1.54, 1.807) is 28.0 Å². The summed E-state index contributed by atoms with van der Waals surface area (Å²) in [6.07, 6.45) is -1.46. The molecule has 188 valence electrons. The fourth-order valence-corrected chi connectivity index (χ4v) is 6.52. The van der Waals surface area contributed by atoms with Crippen molar-refractivity contribution in [3.63, 3.8) is 0 Å². The minimum atomic E-state index is -2.90. The van der Waals surface area contributed by atoms with Gasteiger partial charge in [-0.15, -0.1) is 0 Å². The van der Waals surface area contributed by atoms with Gasteiger partial charge in [0.2, 0.25) is 0 Å². The van der Waals surface area contributed by atoms with Crippen molar-refractivity contribution in [1.82, 2.24) is 9.97 Å². The van der Waals surface area contributed by atoms with Gasteiger partial charge in [-0.05, 0) is 44.2 Å². The minimum absolute atomic E-state index is 0.131. The van der Waals surface area contributed by atoms with Gasteiger partial charge in [0, 0.05) is 45.3 Å². The zero-order chi connectivity index (χ0) is 25.3. The highest BCUT2D eigenvalue weighted by molar-refractivity contribution is 7.93. The molecule has 0 amide bonds. The fourth-order valence-electron chi connectivity index (χ4n) is 4.64. The Morgan fingerprint density at radius 3 is 2.49 bits per heavy atom. The predicted molar refractivity (Wildman–Crippen MR) is 132 cm³/mol. The average molecular weight is 507 g/mol. The lowest BCUT2D eigenvalue weighted by Crippen LogP contribution is -2.22. The number of ether oxygens (including phenoxy) is 1. The van der Waals surface area contributed by atoms with Crippen molar-refractivity contribution >= 4 is 26.4 Å². The van der Waals surface area contributed by atoms with Gasteiger partial charge in [0.1, 0.15) is 23.2 Å². The van der Waals surface area contributed by atoms with Gasteiger partial charge >= 0.3 is 0 Å². The van der Waals surface area contributed by atoms with E-state index in [0.717, 1.165) is 29.9 Å². The maximum atomic E-state index is 14.8. The van der Waals surface area contributed by atoms with Gasteiger partial charge in [-0.25, -0.2) is 31.7 Å². The minimum Gasteiger partial charge on any atom is -0.496 e. The molecule has 3 aromatic rings. The summed E-state index contributed by atoms with van der Waals surface area (Å²) < 4.78 is 63.6. The van der Waals surface area contributed by atoms with E-state index in [9.17, 15) is 17.4 Å². The van der Waals surface area contributed by atoms with Crippen LogP contribution in [0.4, 0.5) is 19.0 Å². The summed E-state index contributed by atoms with van der Waals surface area (Å²) in [5.74, 6) is 1.95. The van der Waals surface area contributed by atoms with E-state index in [2.05, 4.69) is 19.6 Å². The van der Waals surface area contributed by atoms with Crippen LogP contribution < -0.4 is 10.1 Å². The monoisotopic (exact) mass is 506 g/mol. The molecule has 1 fully saturated rings. The SMILES string of the molecule is CN=S1(=O)CCC(c2cc3c(NC(C)c4cccc(C(F)F)c4F)nc(C)nc3cc2OC)CC1. The molecule has 0 aliphatic carbocycles. The topological polar surface area (TPSA) is 76.5 Å². The molecule has 1 N–H and O–H groups in total. The second kappa shape index (κ2) is 10.0. The van der Waals surface area contributed by atoms with Crippen LogP contribution in [0, 0.1) is 12.7 Å². The van der Waals surface area contributed by atoms with Crippen LogP contribution in [-0.4, -0.2) is 39.8 Å². The van der Waals surface area contributed by atoms with Crippen LogP contribution >= 0.6 is 0 Å². The first kappa shape index (κ1) is 25.2. The summed E-state index contributed by atoms with van der Waals surface area (Å²) in [6.45, 7) is 3.45. The number of benzene rings is 2. The molecule has 1 atom stereocenters. The molecule has 2 heterocycles. The first-order valence-electron chi connectivity index (χ1n) is 11.5. The van der Waals surface area contributed by atoms with Gasteiger partial charge in [0.05, 0.1) is 24.2 Å². The van der Waals surface area contributed by atoms with Gasteiger partial charge in [0.15, 0.2) is 0 Å². The average Bonchev–Trinajstić information content (AvgIpc) is 2.83. The molecule has 0 saturated carbocycles. The number of halogens is 3. The van der Waals surface area contributed by atoms with E-state index >= 15 is 0 Å². The summed E-state index contributed by atoms with van der Waals surface area (Å²) in [5, 5.41) is 3.92. The zero-order valence-corrected chi connectivity index (χ0v) is 21.0. The van der Waals surface area contributed by atoms with Crippen LogP contribution in [-0.2, 0) is 9.73 Å². The van der Waals surface area contributed by atoms with Gasteiger partial charge in [-0.3, -0.25) is 0 Å². The van der Waals surface area contributed by atoms with Crippen LogP contribution in [0.2, 0.25) is 0 Å². The summed E-state index contributed by atoms with van der Waals surface area (Å²) in [4.78, 5) is 9.07. The van der Waals surface area contributed by atoms with Crippen molar-refractivity contribution in [2.24, 2.45) is 4.36 Å². The molecule has 1 unspecified atom stereocenters. The fraction of sp³-hybridized carbons (Fsp3) is 0.440. The van der Waals surface area contributed by atoms with Gasteiger partial charge in [-0.2, -0.15) is 0 Å². The van der Waals surface area contributed by atoms with E-state index in [-0.39, 0.29) is 11.5 Å². The summed E-state index contributed by atoms with van der Waals surface area (Å²) in [5.41, 5.74) is 1.12. The molecule has 6 nitrogen and oxygen atoms in total. The number of aryl methyl sites for hydroxylation is 1. The number of hydrogen-bond acceptors (Lipinski definition) is 6. The first-order chi connectivity index (χ1) is 16.7. The van der Waals surface area contributed by atoms with Crippen LogP contribution in [0.5, 0.6) is 5.75 Å². The van der Waals surface area contributed by atoms with E-state index in [1.807, 2.05) is 12.1 Å². The van der Waals surface area contributed by atoms with E-state index < -0.39 is 33.6 Å². The molecule has 0 bridgehead atoms. The lowest BCUT2D eigenvalue weighted by Gasteiger charge is -2.26. The largest absolute Gasteiger partial charge is 0.496 e. The molecular weight excluding hydrogens is 477 g/mol. The molecule has 2 aromatic carbocycles. The van der Waals surface area contributed by atoms with Crippen molar-refractivity contribution in [1.29, 1.82) is 0 Å². The molecule has 10 heteroatoms. The predicted octanol–water partition coefficient (Wildman–Crippen LogP) is 6.17. The van der Waals surface area contributed by atoms with Crippen molar-refractivity contribution in [3.05, 3.63) is 58.7 Å². The third-order valence-corrected chi connectivity index (χ3v) is 9.03. The molecule has 0 radical (unpaired) electrons. The highest BCUT2D eigenvalue weighted by Crippen LogP contribution is 2.39. The smallest absolute Gasteiger partial charge is 0.266 e. The van der Waals surface area contributed by atoms with Crippen molar-refractivity contribution < 1.29 is 22.1 Å². The quantitative estimate of drug-likeness (QED) is 0.433. The Bertz CT molecular complexity index is 1360. The second-order valence-corrected chi connectivity index (χ2v) is 11.5. The Hall–Kier alpha value is -2.88. The van der Waals surface area contributed by atoms with Gasteiger partial charge in [0.25, 0.3) is 6.43 Å². The Balaban J connectivity index is 1.74. The third-order valence-electron chi connectivity index (χ3n) is 6.62. The number of hydrogen-bond donors (Lipinski definition) is 1. The maximum absolute atomic E-state index is 14.8. The van der Waals surface area contributed by atoms with E-state index in [4.69, 9.17) is 4.74 Å². The number of rotatable bonds is 6. The summed E-state index contributed by atoms with van der Waals surface area (Å²) in [7, 11) is 1.07. The number of aromatic nitrogens is 2. The summed E-state index contributed by atoms with van der Waals surface area (Å²) >= 11 is 0. The Morgan fingerprint density at radius 1 is 1.17 bits per heavy atom. The normalized spacial score (nSPS) is 21.2. The molecule has 1 aliphatic rings. The highest BCUT2D eigenvalue weighted by Gasteiger charge is 2.27. The number of fused-ring (bicyclic) bond motifs is 1. The van der Waals surface area contributed by atoms with E-state index in [1.165, 1.54) is 12.1 Å². The van der Waals surface area contributed by atoms with Crippen LogP contribution in [0.3, 0.4) is 0 Å². The molecule has 1 aromatic heterocycles. The van der Waals surface area contributed by atoms with Gasteiger partial charge in [-0.1, -0.05) is 18.2 Å². The highest BCUT2D eigenvalue weighted by atomic mass is 32.2. The standard InChI is InChI=1S/C25H29F3N4O2S/c1-14(17-6-5-7-18(23(17)26)24(27)28)30-25-20-12-19(16-8-10-35(33,29-3)11-9-16)22(34-4)13-21(20)31-15(2)32-25/h5-7,12-14,16,24H,8-11H2,1-4H3,(H,30,31,32). The third kappa shape index (κ3) is 5.07. The number of nitrogens with one attached hydrogen (secondary N) is 1. The maximum Gasteiger partial charge on any atom is 0.266 e. The van der Waals surface area contributed by atoms with Crippen molar-refractivity contribution in [3.8, 4) is 5.75 Å². The number of anilines is 1. The Kier molecular flexibility index (Phi) is 7.21. The first-order valence-corrected chi connectivity index (χ1v) is 13.3. The number of alkyl halides is 2. The van der Waals surface area contributed by atoms with Crippen molar-refractivity contribution in [2.45, 2.75) is 45.1 Å². The van der Waals surface area contributed by atoms with Crippen LogP contribution in [0.15, 0.2) is 34.7 Å². The molecule has 35 heavy (non-hydrogen) atoms. The summed E-state index contributed by atoms with van der Waals surface area (Å²) in [6, 6.07) is 7.20. The number of methoxy groups -OCH3 is 1. The lowest BCUT2D eigenvalue weighted by atomic mass is 9.91. The molecular formula is C25H29F3N4O2S. The molecule has 1 aliphatic heterocycles. The second-order valence-electron chi connectivity index (χ2n) is 8.79. The van der Waals surface area contributed by atoms with E-state index in [0.29, 0.717) is 34.4 Å². The Labute approximate surface area is 203 Å². The van der Waals surface area contributed by atoms with Crippen LogP contribution in [0.1, 0.15) is 60.7 Å². The van der Waals surface area contributed by atoms with Gasteiger partial charge < -0.3 is 10.1 Å². The lowest BCUT2D eigenvalue weighted by molar-refractivity contribution is 0.146. The van der Waals surface area contributed by atoms with Crippen LogP contribution in [0.25, 0.3) is 10.9 Å². The van der Waals surface area contributed by atoms with Crippen molar-refractivity contribution in [2.75, 3.05) is 31.0 Å². The molecule has 0 spiro atoms. The molecule has 1 saturated heterocycles. The number of nitrogens with zero attached hydrogens (tertiary/aromatic N) is 3. The Morgan fingerprint density at radius 2 is 1.86 bits per heavy atom. The molecule has 4 rings (SSSR count). The zero-order valence-electron chi connectivity index (χ0n) is 20.1.